The average Bonchev–Trinajstić information content (AvgIpc) is 3.11. The zero-order valence-corrected chi connectivity index (χ0v) is 12.5. The summed E-state index contributed by atoms with van der Waals surface area (Å²) < 4.78 is 10.8. The van der Waals surface area contributed by atoms with Gasteiger partial charge in [0.2, 0.25) is 5.75 Å². The van der Waals surface area contributed by atoms with Gasteiger partial charge < -0.3 is 14.5 Å². The van der Waals surface area contributed by atoms with Crippen LogP contribution in [0, 0.1) is 0 Å². The number of rotatable bonds is 3. The van der Waals surface area contributed by atoms with E-state index < -0.39 is 0 Å². The molecule has 114 valence electrons. The van der Waals surface area contributed by atoms with Crippen molar-refractivity contribution in [3.05, 3.63) is 42.1 Å². The fourth-order valence-corrected chi connectivity index (χ4v) is 2.41. The van der Waals surface area contributed by atoms with Crippen molar-refractivity contribution in [2.24, 2.45) is 4.99 Å². The average molecular weight is 328 g/mol. The molecule has 0 bridgehead atoms. The quantitative estimate of drug-likeness (QED) is 0.790. The largest absolute Gasteiger partial charge is 0.481 e. The first-order valence-electron chi connectivity index (χ1n) is 6.77. The summed E-state index contributed by atoms with van der Waals surface area (Å²) in [5, 5.41) is 3.66. The fourth-order valence-electron chi connectivity index (χ4n) is 2.18. The van der Waals surface area contributed by atoms with Crippen LogP contribution in [0.2, 0.25) is 5.02 Å². The van der Waals surface area contributed by atoms with Gasteiger partial charge in [-0.2, -0.15) is 0 Å². The van der Waals surface area contributed by atoms with Gasteiger partial charge in [-0.25, -0.2) is 19.9 Å². The number of benzene rings is 1. The molecule has 0 fully saturated rings. The van der Waals surface area contributed by atoms with Crippen LogP contribution in [0.5, 0.6) is 5.75 Å². The monoisotopic (exact) mass is 327 g/mol. The number of ether oxygens (including phenoxy) is 1. The van der Waals surface area contributed by atoms with Crippen LogP contribution in [0.1, 0.15) is 0 Å². The maximum atomic E-state index is 6.34. The molecule has 0 amide bonds. The van der Waals surface area contributed by atoms with Gasteiger partial charge in [-0.1, -0.05) is 11.6 Å². The Kier molecular flexibility index (Phi) is 3.39. The predicted octanol–water partition coefficient (Wildman–Crippen LogP) is 3.62. The number of aliphatic imine (C=N–C) groups is 1. The lowest BCUT2D eigenvalue weighted by Gasteiger charge is -2.15. The maximum absolute atomic E-state index is 6.34. The van der Waals surface area contributed by atoms with E-state index in [1.807, 2.05) is 12.1 Å². The topological polar surface area (TPSA) is 85.4 Å². The summed E-state index contributed by atoms with van der Waals surface area (Å²) in [5.41, 5.74) is 1.53. The third-order valence-corrected chi connectivity index (χ3v) is 3.55. The lowest BCUT2D eigenvalue weighted by Crippen LogP contribution is -2.07. The van der Waals surface area contributed by atoms with Gasteiger partial charge in [-0.05, 0) is 18.2 Å². The summed E-state index contributed by atoms with van der Waals surface area (Å²) >= 11 is 6.34. The zero-order chi connectivity index (χ0) is 15.6. The Morgan fingerprint density at radius 1 is 1.22 bits per heavy atom. The number of oxazole rings is 1. The molecule has 3 heterocycles. The molecule has 4 rings (SSSR count). The first kappa shape index (κ1) is 13.7. The number of aromatic nitrogens is 3. The summed E-state index contributed by atoms with van der Waals surface area (Å²) in [6.07, 6.45) is 6.08. The minimum atomic E-state index is 0.382. The summed E-state index contributed by atoms with van der Waals surface area (Å²) in [7, 11) is 0. The van der Waals surface area contributed by atoms with Gasteiger partial charge in [0, 0.05) is 11.8 Å². The minimum Gasteiger partial charge on any atom is -0.481 e. The number of nitrogens with zero attached hydrogens (tertiary/aromatic N) is 4. The van der Waals surface area contributed by atoms with E-state index in [-0.39, 0.29) is 0 Å². The summed E-state index contributed by atoms with van der Waals surface area (Å²) in [4.78, 5) is 16.3. The van der Waals surface area contributed by atoms with Gasteiger partial charge in [0.1, 0.15) is 12.9 Å². The molecule has 23 heavy (non-hydrogen) atoms. The molecule has 8 heteroatoms. The van der Waals surface area contributed by atoms with Crippen LogP contribution in [-0.4, -0.2) is 27.8 Å². The van der Waals surface area contributed by atoms with E-state index >= 15 is 0 Å². The highest BCUT2D eigenvalue weighted by Crippen LogP contribution is 2.37. The highest BCUT2D eigenvalue weighted by atomic mass is 35.5. The number of hydrogen-bond acceptors (Lipinski definition) is 7. The molecule has 0 radical (unpaired) electrons. The molecule has 0 saturated heterocycles. The van der Waals surface area contributed by atoms with E-state index in [2.05, 4.69) is 25.3 Å². The Bertz CT molecular complexity index is 880. The van der Waals surface area contributed by atoms with E-state index in [4.69, 9.17) is 20.8 Å². The molecular formula is C15H10ClN5O2. The summed E-state index contributed by atoms with van der Waals surface area (Å²) in [5.74, 6) is 2.16. The van der Waals surface area contributed by atoms with Crippen molar-refractivity contribution in [2.45, 2.75) is 0 Å². The van der Waals surface area contributed by atoms with E-state index in [1.54, 1.807) is 18.5 Å². The molecule has 0 unspecified atom stereocenters. The van der Waals surface area contributed by atoms with Gasteiger partial charge in [0.25, 0.3) is 0 Å². The molecule has 1 aliphatic heterocycles. The van der Waals surface area contributed by atoms with E-state index in [9.17, 15) is 0 Å². The standard InChI is InChI=1S/C15H10ClN5O2/c16-10-5-9(12-6-17-8-23-12)1-2-11(10)21-15-13-14(19-7-20-15)18-3-4-22-13/h1-3,5-8H,4H2,(H,19,20,21). The number of fused-ring (bicyclic) bond motifs is 1. The highest BCUT2D eigenvalue weighted by molar-refractivity contribution is 6.33. The van der Waals surface area contributed by atoms with Crippen molar-refractivity contribution in [1.82, 2.24) is 15.0 Å². The molecule has 7 nitrogen and oxygen atoms in total. The lowest BCUT2D eigenvalue weighted by atomic mass is 10.1. The Balaban J connectivity index is 1.66. The van der Waals surface area contributed by atoms with E-state index in [0.29, 0.717) is 40.5 Å². The number of halogens is 1. The van der Waals surface area contributed by atoms with Crippen molar-refractivity contribution in [3.63, 3.8) is 0 Å². The van der Waals surface area contributed by atoms with Gasteiger partial charge in [0.05, 0.1) is 16.9 Å². The Morgan fingerprint density at radius 3 is 3.00 bits per heavy atom. The van der Waals surface area contributed by atoms with Crippen LogP contribution < -0.4 is 10.1 Å². The molecular weight excluding hydrogens is 318 g/mol. The molecule has 0 saturated carbocycles. The SMILES string of the molecule is Clc1cc(-c2cnco2)ccc1Nc1ncnc2c1OCC=N2. The first-order valence-corrected chi connectivity index (χ1v) is 7.15. The molecule has 0 aliphatic carbocycles. The third-order valence-electron chi connectivity index (χ3n) is 3.24. The molecule has 3 aromatic rings. The van der Waals surface area contributed by atoms with Crippen LogP contribution in [0.25, 0.3) is 11.3 Å². The smallest absolute Gasteiger partial charge is 0.207 e. The lowest BCUT2D eigenvalue weighted by molar-refractivity contribution is 0.375. The van der Waals surface area contributed by atoms with Crippen LogP contribution >= 0.6 is 11.6 Å². The maximum Gasteiger partial charge on any atom is 0.207 e. The normalized spacial score (nSPS) is 12.6. The molecule has 1 N–H and O–H groups in total. The molecule has 1 aromatic carbocycles. The van der Waals surface area contributed by atoms with Crippen molar-refractivity contribution in [2.75, 3.05) is 11.9 Å². The highest BCUT2D eigenvalue weighted by Gasteiger charge is 2.16. The Labute approximate surface area is 136 Å². The second kappa shape index (κ2) is 5.69. The minimum absolute atomic E-state index is 0.382. The van der Waals surface area contributed by atoms with Gasteiger partial charge in [-0.15, -0.1) is 0 Å². The third kappa shape index (κ3) is 2.62. The molecule has 1 aliphatic rings. The Morgan fingerprint density at radius 2 is 2.17 bits per heavy atom. The van der Waals surface area contributed by atoms with Gasteiger partial charge in [0.15, 0.2) is 23.8 Å². The van der Waals surface area contributed by atoms with E-state index in [1.165, 1.54) is 12.7 Å². The van der Waals surface area contributed by atoms with Gasteiger partial charge >= 0.3 is 0 Å². The molecule has 0 atom stereocenters. The van der Waals surface area contributed by atoms with Crippen LogP contribution in [0.4, 0.5) is 17.3 Å². The van der Waals surface area contributed by atoms with E-state index in [0.717, 1.165) is 5.56 Å². The molecule has 0 spiro atoms. The predicted molar refractivity (Wildman–Crippen MR) is 85.9 cm³/mol. The summed E-state index contributed by atoms with van der Waals surface area (Å²) in [6.45, 7) is 0.382. The number of anilines is 2. The fraction of sp³-hybridized carbons (Fsp3) is 0.0667. The second-order valence-electron chi connectivity index (χ2n) is 4.68. The van der Waals surface area contributed by atoms with Crippen LogP contribution in [0.3, 0.4) is 0 Å². The van der Waals surface area contributed by atoms with Crippen molar-refractivity contribution >= 4 is 35.1 Å². The van der Waals surface area contributed by atoms with Gasteiger partial charge in [-0.3, -0.25) is 0 Å². The van der Waals surface area contributed by atoms with Crippen LogP contribution in [0.15, 0.2) is 46.5 Å². The second-order valence-corrected chi connectivity index (χ2v) is 5.09. The zero-order valence-electron chi connectivity index (χ0n) is 11.7. The van der Waals surface area contributed by atoms with Crippen LogP contribution in [-0.2, 0) is 0 Å². The number of nitrogens with one attached hydrogen (secondary N) is 1. The van der Waals surface area contributed by atoms with Crippen molar-refractivity contribution < 1.29 is 9.15 Å². The first-order chi connectivity index (χ1) is 11.3. The van der Waals surface area contributed by atoms with Crippen molar-refractivity contribution in [3.8, 4) is 17.1 Å². The number of hydrogen-bond donors (Lipinski definition) is 1. The summed E-state index contributed by atoms with van der Waals surface area (Å²) in [6, 6.07) is 5.50. The molecule has 2 aromatic heterocycles. The van der Waals surface area contributed by atoms with Crippen molar-refractivity contribution in [1.29, 1.82) is 0 Å². The Hall–Kier alpha value is -2.93.